The molecule has 1 fully saturated rings. The second kappa shape index (κ2) is 8.30. The van der Waals surface area contributed by atoms with Crippen molar-refractivity contribution in [3.8, 4) is 0 Å². The second-order valence-corrected chi connectivity index (χ2v) is 8.79. The Kier molecular flexibility index (Phi) is 6.08. The van der Waals surface area contributed by atoms with E-state index in [0.717, 1.165) is 5.69 Å². The van der Waals surface area contributed by atoms with Crippen molar-refractivity contribution in [2.75, 3.05) is 38.0 Å². The van der Waals surface area contributed by atoms with Crippen LogP contribution in [-0.4, -0.2) is 56.3 Å². The van der Waals surface area contributed by atoms with Crippen LogP contribution < -0.4 is 5.32 Å². The minimum absolute atomic E-state index is 0.0988. The van der Waals surface area contributed by atoms with E-state index in [1.54, 1.807) is 24.3 Å². The predicted molar refractivity (Wildman–Crippen MR) is 104 cm³/mol. The van der Waals surface area contributed by atoms with Gasteiger partial charge in [-0.15, -0.1) is 0 Å². The number of hydrogen-bond donors (Lipinski definition) is 1. The summed E-state index contributed by atoms with van der Waals surface area (Å²) in [6.07, 6.45) is 0. The molecule has 26 heavy (non-hydrogen) atoms. The molecule has 1 saturated heterocycles. The molecule has 0 atom stereocenters. The van der Waals surface area contributed by atoms with E-state index in [9.17, 15) is 13.2 Å². The molecule has 0 bridgehead atoms. The van der Waals surface area contributed by atoms with Crippen molar-refractivity contribution in [2.45, 2.75) is 4.90 Å². The molecule has 0 aliphatic carbocycles. The number of anilines is 1. The highest BCUT2D eigenvalue weighted by molar-refractivity contribution is 9.10. The zero-order chi connectivity index (χ0) is 18.6. The number of carbonyl (C=O) groups is 1. The van der Waals surface area contributed by atoms with Crippen LogP contribution in [-0.2, 0) is 14.8 Å². The standard InChI is InChI=1S/C18H20BrN3O3S/c19-16-8-4-5-9-17(16)26(24,25)22-12-10-21(11-13-22)14-18(23)20-15-6-2-1-3-7-15/h1-9H,10-14H2,(H,20,23). The van der Waals surface area contributed by atoms with Gasteiger partial charge >= 0.3 is 0 Å². The van der Waals surface area contributed by atoms with Crippen LogP contribution >= 0.6 is 15.9 Å². The third kappa shape index (κ3) is 4.50. The van der Waals surface area contributed by atoms with Crippen LogP contribution in [0, 0.1) is 0 Å². The highest BCUT2D eigenvalue weighted by atomic mass is 79.9. The number of benzene rings is 2. The van der Waals surface area contributed by atoms with E-state index in [1.807, 2.05) is 35.2 Å². The fraction of sp³-hybridized carbons (Fsp3) is 0.278. The Balaban J connectivity index is 1.56. The third-order valence-corrected chi connectivity index (χ3v) is 7.12. The lowest BCUT2D eigenvalue weighted by atomic mass is 10.3. The van der Waals surface area contributed by atoms with Gasteiger partial charge in [-0.05, 0) is 40.2 Å². The molecule has 2 aromatic rings. The molecule has 1 aliphatic rings. The molecule has 6 nitrogen and oxygen atoms in total. The number of rotatable bonds is 5. The maximum atomic E-state index is 12.8. The summed E-state index contributed by atoms with van der Waals surface area (Å²) in [5, 5.41) is 2.85. The van der Waals surface area contributed by atoms with Crippen LogP contribution in [0.1, 0.15) is 0 Å². The molecule has 138 valence electrons. The van der Waals surface area contributed by atoms with Gasteiger partial charge in [0.05, 0.1) is 11.4 Å². The Labute approximate surface area is 162 Å². The summed E-state index contributed by atoms with van der Waals surface area (Å²) < 4.78 is 27.6. The second-order valence-electron chi connectivity index (χ2n) is 6.02. The van der Waals surface area contributed by atoms with E-state index < -0.39 is 10.0 Å². The van der Waals surface area contributed by atoms with E-state index in [-0.39, 0.29) is 17.3 Å². The number of halogens is 1. The molecule has 1 heterocycles. The third-order valence-electron chi connectivity index (χ3n) is 4.21. The molecule has 1 amide bonds. The zero-order valence-corrected chi connectivity index (χ0v) is 16.5. The minimum atomic E-state index is -3.53. The minimum Gasteiger partial charge on any atom is -0.325 e. The SMILES string of the molecule is O=C(CN1CCN(S(=O)(=O)c2ccccc2Br)CC1)Nc1ccccc1. The summed E-state index contributed by atoms with van der Waals surface area (Å²) in [4.78, 5) is 14.4. The molecule has 0 radical (unpaired) electrons. The number of hydrogen-bond acceptors (Lipinski definition) is 4. The van der Waals surface area contributed by atoms with Gasteiger partial charge in [0.25, 0.3) is 0 Å². The van der Waals surface area contributed by atoms with Gasteiger partial charge in [0.2, 0.25) is 15.9 Å². The molecule has 1 N–H and O–H groups in total. The van der Waals surface area contributed by atoms with Gasteiger partial charge in [0.15, 0.2) is 0 Å². The van der Waals surface area contributed by atoms with E-state index in [1.165, 1.54) is 4.31 Å². The highest BCUT2D eigenvalue weighted by Gasteiger charge is 2.30. The quantitative estimate of drug-likeness (QED) is 0.779. The first-order valence-electron chi connectivity index (χ1n) is 8.29. The van der Waals surface area contributed by atoms with E-state index in [0.29, 0.717) is 30.7 Å². The maximum Gasteiger partial charge on any atom is 0.244 e. The van der Waals surface area contributed by atoms with Gasteiger partial charge in [-0.25, -0.2) is 8.42 Å². The Morgan fingerprint density at radius 3 is 2.23 bits per heavy atom. The fourth-order valence-corrected chi connectivity index (χ4v) is 5.23. The van der Waals surface area contributed by atoms with Crippen molar-refractivity contribution >= 4 is 37.5 Å². The molecule has 2 aromatic carbocycles. The summed E-state index contributed by atoms with van der Waals surface area (Å²) >= 11 is 3.31. The first kappa shape index (κ1) is 19.0. The van der Waals surface area contributed by atoms with E-state index in [4.69, 9.17) is 0 Å². The number of nitrogens with zero attached hydrogens (tertiary/aromatic N) is 2. The van der Waals surface area contributed by atoms with Crippen LogP contribution in [0.3, 0.4) is 0 Å². The van der Waals surface area contributed by atoms with Crippen LogP contribution in [0.25, 0.3) is 0 Å². The van der Waals surface area contributed by atoms with E-state index >= 15 is 0 Å². The monoisotopic (exact) mass is 437 g/mol. The van der Waals surface area contributed by atoms with Gasteiger partial charge < -0.3 is 5.32 Å². The Morgan fingerprint density at radius 2 is 1.58 bits per heavy atom. The van der Waals surface area contributed by atoms with Gasteiger partial charge in [0, 0.05) is 36.3 Å². The van der Waals surface area contributed by atoms with Crippen LogP contribution in [0.4, 0.5) is 5.69 Å². The van der Waals surface area contributed by atoms with Gasteiger partial charge in [0.1, 0.15) is 0 Å². The number of piperazine rings is 1. The molecular weight excluding hydrogens is 418 g/mol. The lowest BCUT2D eigenvalue weighted by Gasteiger charge is -2.33. The Morgan fingerprint density at radius 1 is 0.962 bits per heavy atom. The van der Waals surface area contributed by atoms with Crippen molar-refractivity contribution in [1.29, 1.82) is 0 Å². The van der Waals surface area contributed by atoms with Crippen LogP contribution in [0.15, 0.2) is 64.0 Å². The van der Waals surface area contributed by atoms with Crippen molar-refractivity contribution in [3.05, 3.63) is 59.1 Å². The molecule has 8 heteroatoms. The molecule has 0 unspecified atom stereocenters. The fourth-order valence-electron chi connectivity index (χ4n) is 2.85. The van der Waals surface area contributed by atoms with Crippen LogP contribution in [0.5, 0.6) is 0 Å². The predicted octanol–water partition coefficient (Wildman–Crippen LogP) is 2.39. The number of para-hydroxylation sites is 1. The number of sulfonamides is 1. The summed E-state index contributed by atoms with van der Waals surface area (Å²) in [6.45, 7) is 2.01. The van der Waals surface area contributed by atoms with Crippen LogP contribution in [0.2, 0.25) is 0 Å². The summed E-state index contributed by atoms with van der Waals surface area (Å²) in [7, 11) is -3.53. The topological polar surface area (TPSA) is 69.7 Å². The highest BCUT2D eigenvalue weighted by Crippen LogP contribution is 2.25. The van der Waals surface area contributed by atoms with Crippen molar-refractivity contribution < 1.29 is 13.2 Å². The number of amides is 1. The van der Waals surface area contributed by atoms with E-state index in [2.05, 4.69) is 21.2 Å². The Hall–Kier alpha value is -1.74. The molecular formula is C18H20BrN3O3S. The normalized spacial score (nSPS) is 16.3. The van der Waals surface area contributed by atoms with Gasteiger partial charge in [-0.1, -0.05) is 30.3 Å². The lowest BCUT2D eigenvalue weighted by Crippen LogP contribution is -2.50. The molecule has 0 spiro atoms. The first-order chi connectivity index (χ1) is 12.5. The summed E-state index contributed by atoms with van der Waals surface area (Å²) in [6, 6.07) is 16.1. The zero-order valence-electron chi connectivity index (χ0n) is 14.1. The lowest BCUT2D eigenvalue weighted by molar-refractivity contribution is -0.117. The van der Waals surface area contributed by atoms with Crippen molar-refractivity contribution in [1.82, 2.24) is 9.21 Å². The first-order valence-corrected chi connectivity index (χ1v) is 10.5. The van der Waals surface area contributed by atoms with Gasteiger partial charge in [-0.2, -0.15) is 4.31 Å². The largest absolute Gasteiger partial charge is 0.325 e. The number of nitrogens with one attached hydrogen (secondary N) is 1. The summed E-state index contributed by atoms with van der Waals surface area (Å²) in [5.41, 5.74) is 0.757. The average Bonchev–Trinajstić information content (AvgIpc) is 2.63. The van der Waals surface area contributed by atoms with Crippen molar-refractivity contribution in [3.63, 3.8) is 0 Å². The van der Waals surface area contributed by atoms with Crippen molar-refractivity contribution in [2.24, 2.45) is 0 Å². The smallest absolute Gasteiger partial charge is 0.244 e. The summed E-state index contributed by atoms with van der Waals surface area (Å²) in [5.74, 6) is -0.0988. The molecule has 3 rings (SSSR count). The Bertz CT molecular complexity index is 866. The molecule has 0 saturated carbocycles. The maximum absolute atomic E-state index is 12.8. The molecule has 0 aromatic heterocycles. The van der Waals surface area contributed by atoms with Gasteiger partial charge in [-0.3, -0.25) is 9.69 Å². The molecule has 1 aliphatic heterocycles. The number of carbonyl (C=O) groups excluding carboxylic acids is 1. The average molecular weight is 438 g/mol.